The number of carbonyl (C=O) groups is 2. The van der Waals surface area contributed by atoms with E-state index in [1.165, 1.54) is 70.6 Å². The highest BCUT2D eigenvalue weighted by Crippen LogP contribution is 2.12. The zero-order chi connectivity index (χ0) is 33.6. The quantitative estimate of drug-likeness (QED) is 0.0396. The first kappa shape index (κ1) is 43.9. The number of esters is 2. The third-order valence-electron chi connectivity index (χ3n) is 7.88. The highest BCUT2D eigenvalue weighted by Gasteiger charge is 2.17. The second kappa shape index (κ2) is 37.3. The summed E-state index contributed by atoms with van der Waals surface area (Å²) in [6, 6.07) is 0. The van der Waals surface area contributed by atoms with Crippen molar-refractivity contribution in [1.82, 2.24) is 0 Å². The SMILES string of the molecule is CC/C=C\C/C=C\C/C=C\C/C=C\CCCOCC(COC(=O)CCCCCCCCCCC)OC(=O)CCCCCCCCC. The van der Waals surface area contributed by atoms with Crippen molar-refractivity contribution in [3.63, 3.8) is 0 Å². The summed E-state index contributed by atoms with van der Waals surface area (Å²) in [7, 11) is 0. The molecule has 0 saturated carbocycles. The van der Waals surface area contributed by atoms with E-state index in [1.54, 1.807) is 0 Å². The van der Waals surface area contributed by atoms with Gasteiger partial charge in [0, 0.05) is 19.4 Å². The van der Waals surface area contributed by atoms with Gasteiger partial charge in [0.2, 0.25) is 0 Å². The van der Waals surface area contributed by atoms with Gasteiger partial charge in [-0.2, -0.15) is 0 Å². The minimum Gasteiger partial charge on any atom is -0.462 e. The first-order chi connectivity index (χ1) is 22.6. The Hall–Kier alpha value is -2.14. The smallest absolute Gasteiger partial charge is 0.306 e. The Morgan fingerprint density at radius 3 is 1.48 bits per heavy atom. The molecule has 0 aromatic rings. The lowest BCUT2D eigenvalue weighted by Gasteiger charge is -2.18. The number of rotatable bonds is 34. The van der Waals surface area contributed by atoms with Crippen molar-refractivity contribution < 1.29 is 23.8 Å². The zero-order valence-corrected chi connectivity index (χ0v) is 30.3. The predicted molar refractivity (Wildman–Crippen MR) is 196 cm³/mol. The molecule has 0 aliphatic carbocycles. The lowest BCUT2D eigenvalue weighted by molar-refractivity contribution is -0.163. The second-order valence-corrected chi connectivity index (χ2v) is 12.5. The van der Waals surface area contributed by atoms with Crippen LogP contribution in [0.5, 0.6) is 0 Å². The molecule has 0 heterocycles. The monoisotopic (exact) mass is 645 g/mol. The van der Waals surface area contributed by atoms with E-state index in [0.717, 1.165) is 70.6 Å². The molecule has 0 radical (unpaired) electrons. The molecule has 0 aliphatic heterocycles. The van der Waals surface area contributed by atoms with E-state index >= 15 is 0 Å². The highest BCUT2D eigenvalue weighted by atomic mass is 16.6. The van der Waals surface area contributed by atoms with Crippen LogP contribution in [0.25, 0.3) is 0 Å². The molecular formula is C41H72O5. The molecule has 1 atom stereocenters. The minimum absolute atomic E-state index is 0.0654. The topological polar surface area (TPSA) is 61.8 Å². The van der Waals surface area contributed by atoms with E-state index in [-0.39, 0.29) is 25.2 Å². The molecule has 0 fully saturated rings. The number of unbranched alkanes of at least 4 members (excludes halogenated alkanes) is 15. The third kappa shape index (κ3) is 34.7. The van der Waals surface area contributed by atoms with Gasteiger partial charge in [-0.25, -0.2) is 0 Å². The van der Waals surface area contributed by atoms with Crippen molar-refractivity contribution in [3.05, 3.63) is 48.6 Å². The van der Waals surface area contributed by atoms with Crippen LogP contribution < -0.4 is 0 Å². The Labute approximate surface area is 284 Å². The molecule has 0 saturated heterocycles. The van der Waals surface area contributed by atoms with Gasteiger partial charge in [-0.3, -0.25) is 9.59 Å². The molecule has 5 nitrogen and oxygen atoms in total. The molecule has 5 heteroatoms. The first-order valence-corrected chi connectivity index (χ1v) is 19.2. The number of allylic oxidation sites excluding steroid dienone is 8. The van der Waals surface area contributed by atoms with Gasteiger partial charge in [-0.05, 0) is 51.4 Å². The maximum absolute atomic E-state index is 12.5. The van der Waals surface area contributed by atoms with Crippen LogP contribution >= 0.6 is 0 Å². The van der Waals surface area contributed by atoms with E-state index < -0.39 is 6.10 Å². The number of hydrogen-bond acceptors (Lipinski definition) is 5. The van der Waals surface area contributed by atoms with Crippen molar-refractivity contribution in [2.45, 2.75) is 181 Å². The fourth-order valence-corrected chi connectivity index (χ4v) is 5.04. The minimum atomic E-state index is -0.554. The first-order valence-electron chi connectivity index (χ1n) is 19.2. The average Bonchev–Trinajstić information content (AvgIpc) is 3.05. The molecule has 0 spiro atoms. The summed E-state index contributed by atoms with van der Waals surface area (Å²) < 4.78 is 17.1. The Morgan fingerprint density at radius 2 is 0.957 bits per heavy atom. The van der Waals surface area contributed by atoms with E-state index in [2.05, 4.69) is 69.4 Å². The Morgan fingerprint density at radius 1 is 0.500 bits per heavy atom. The number of hydrogen-bond donors (Lipinski definition) is 0. The van der Waals surface area contributed by atoms with Crippen LogP contribution in [-0.2, 0) is 23.8 Å². The molecule has 0 rings (SSSR count). The maximum Gasteiger partial charge on any atom is 0.306 e. The van der Waals surface area contributed by atoms with Gasteiger partial charge in [0.1, 0.15) is 6.61 Å². The van der Waals surface area contributed by atoms with Crippen LogP contribution in [0.15, 0.2) is 48.6 Å². The van der Waals surface area contributed by atoms with Gasteiger partial charge >= 0.3 is 11.9 Å². The van der Waals surface area contributed by atoms with Crippen LogP contribution in [0.1, 0.15) is 175 Å². The van der Waals surface area contributed by atoms with Crippen molar-refractivity contribution in [3.8, 4) is 0 Å². The Balaban J connectivity index is 4.29. The molecular weight excluding hydrogens is 572 g/mol. The third-order valence-corrected chi connectivity index (χ3v) is 7.88. The zero-order valence-electron chi connectivity index (χ0n) is 30.3. The van der Waals surface area contributed by atoms with E-state index in [4.69, 9.17) is 14.2 Å². The summed E-state index contributed by atoms with van der Waals surface area (Å²) >= 11 is 0. The van der Waals surface area contributed by atoms with Gasteiger partial charge in [-0.15, -0.1) is 0 Å². The van der Waals surface area contributed by atoms with Gasteiger partial charge in [-0.1, -0.05) is 159 Å². The Bertz CT molecular complexity index is 782. The summed E-state index contributed by atoms with van der Waals surface area (Å²) in [6.45, 7) is 7.51. The van der Waals surface area contributed by atoms with Crippen LogP contribution in [0.4, 0.5) is 0 Å². The molecule has 0 N–H and O–H groups in total. The lowest BCUT2D eigenvalue weighted by Crippen LogP contribution is -2.30. The Kier molecular flexibility index (Phi) is 35.6. The number of ether oxygens (including phenoxy) is 3. The maximum atomic E-state index is 12.5. The molecule has 0 aromatic heterocycles. The lowest BCUT2D eigenvalue weighted by atomic mass is 10.1. The van der Waals surface area contributed by atoms with E-state index in [9.17, 15) is 9.59 Å². The fourth-order valence-electron chi connectivity index (χ4n) is 5.04. The van der Waals surface area contributed by atoms with Crippen LogP contribution in [0.3, 0.4) is 0 Å². The van der Waals surface area contributed by atoms with Gasteiger partial charge < -0.3 is 14.2 Å². The highest BCUT2D eigenvalue weighted by molar-refractivity contribution is 5.70. The van der Waals surface area contributed by atoms with Crippen LogP contribution in [0, 0.1) is 0 Å². The summed E-state index contributed by atoms with van der Waals surface area (Å²) in [4.78, 5) is 24.9. The summed E-state index contributed by atoms with van der Waals surface area (Å²) in [5.74, 6) is -0.438. The normalized spacial score (nSPS) is 12.7. The number of carbonyl (C=O) groups excluding carboxylic acids is 2. The fraction of sp³-hybridized carbons (Fsp3) is 0.756. The summed E-state index contributed by atoms with van der Waals surface area (Å²) in [6.07, 6.45) is 42.7. The van der Waals surface area contributed by atoms with Crippen molar-refractivity contribution in [2.75, 3.05) is 19.8 Å². The van der Waals surface area contributed by atoms with E-state index in [1.807, 2.05) is 0 Å². The van der Waals surface area contributed by atoms with Gasteiger partial charge in [0.15, 0.2) is 6.10 Å². The molecule has 0 aliphatic rings. The average molecular weight is 645 g/mol. The molecule has 0 bridgehead atoms. The second-order valence-electron chi connectivity index (χ2n) is 12.5. The summed E-state index contributed by atoms with van der Waals surface area (Å²) in [5, 5.41) is 0. The molecule has 46 heavy (non-hydrogen) atoms. The molecule has 1 unspecified atom stereocenters. The van der Waals surface area contributed by atoms with Crippen molar-refractivity contribution >= 4 is 11.9 Å². The summed E-state index contributed by atoms with van der Waals surface area (Å²) in [5.41, 5.74) is 0. The molecule has 0 amide bonds. The van der Waals surface area contributed by atoms with Crippen molar-refractivity contribution in [2.24, 2.45) is 0 Å². The van der Waals surface area contributed by atoms with Crippen LogP contribution in [-0.4, -0.2) is 37.9 Å². The van der Waals surface area contributed by atoms with Crippen molar-refractivity contribution in [1.29, 1.82) is 0 Å². The van der Waals surface area contributed by atoms with E-state index in [0.29, 0.717) is 19.4 Å². The largest absolute Gasteiger partial charge is 0.462 e. The van der Waals surface area contributed by atoms with Crippen LogP contribution in [0.2, 0.25) is 0 Å². The standard InChI is InChI=1S/C41H72O5/c1-4-7-10-13-16-18-19-20-21-22-24-27-30-33-36-44-37-39(46-41(43)35-32-29-25-15-12-9-6-3)38-45-40(42)34-31-28-26-23-17-14-11-8-5-2/h7,10,16,18,20-21,24,27,39H,4-6,8-9,11-15,17,19,22-23,25-26,28-38H2,1-3H3/b10-7-,18-16-,21-20-,27-24-. The molecule has 0 aromatic carbocycles. The van der Waals surface area contributed by atoms with Gasteiger partial charge in [0.25, 0.3) is 0 Å². The predicted octanol–water partition coefficient (Wildman–Crippen LogP) is 12.1. The van der Waals surface area contributed by atoms with Gasteiger partial charge in [0.05, 0.1) is 6.61 Å². The molecule has 266 valence electrons.